The molecule has 204 valence electrons. The smallest absolute Gasteiger partial charge is 0.227 e. The predicted molar refractivity (Wildman–Crippen MR) is 154 cm³/mol. The molecule has 2 saturated heterocycles. The number of anilines is 3. The van der Waals surface area contributed by atoms with E-state index in [0.29, 0.717) is 29.1 Å². The van der Waals surface area contributed by atoms with Gasteiger partial charge in [0.05, 0.1) is 32.6 Å². The number of ether oxygens (including phenoxy) is 3. The van der Waals surface area contributed by atoms with Crippen LogP contribution in [0.1, 0.15) is 24.0 Å². The van der Waals surface area contributed by atoms with Crippen molar-refractivity contribution >= 4 is 17.3 Å². The van der Waals surface area contributed by atoms with E-state index in [1.165, 1.54) is 12.8 Å². The molecule has 0 saturated carbocycles. The molecule has 39 heavy (non-hydrogen) atoms. The lowest BCUT2D eigenvalue weighted by molar-refractivity contribution is 0.150. The summed E-state index contributed by atoms with van der Waals surface area (Å²) in [5.74, 6) is 8.93. The second kappa shape index (κ2) is 12.7. The summed E-state index contributed by atoms with van der Waals surface area (Å²) < 4.78 is 16.4. The van der Waals surface area contributed by atoms with Gasteiger partial charge in [-0.3, -0.25) is 4.90 Å². The molecule has 0 atom stereocenters. The summed E-state index contributed by atoms with van der Waals surface area (Å²) in [6.07, 6.45) is 5.76. The van der Waals surface area contributed by atoms with Gasteiger partial charge in [-0.15, -0.1) is 0 Å². The SMILES string of the molecule is COc1cc(C#Cc2cnc(Nc3ccc(N4CCC(N5CCNCC5)CC4)c(OC)c3)nc2)cc(OC)c1. The monoisotopic (exact) mass is 528 g/mol. The molecule has 0 unspecified atom stereocenters. The molecule has 0 spiro atoms. The topological polar surface area (TPSA) is 84.0 Å². The molecule has 0 amide bonds. The van der Waals surface area contributed by atoms with Crippen LogP contribution in [0.15, 0.2) is 48.8 Å². The molecule has 0 radical (unpaired) electrons. The number of aromatic nitrogens is 2. The fraction of sp³-hybridized carbons (Fsp3) is 0.400. The van der Waals surface area contributed by atoms with Crippen molar-refractivity contribution in [3.05, 3.63) is 59.9 Å². The van der Waals surface area contributed by atoms with Crippen molar-refractivity contribution in [1.29, 1.82) is 0 Å². The predicted octanol–water partition coefficient (Wildman–Crippen LogP) is 3.52. The van der Waals surface area contributed by atoms with Gasteiger partial charge in [0.2, 0.25) is 5.95 Å². The highest BCUT2D eigenvalue weighted by Crippen LogP contribution is 2.34. The minimum atomic E-state index is 0.496. The maximum Gasteiger partial charge on any atom is 0.227 e. The molecule has 3 aromatic rings. The minimum absolute atomic E-state index is 0.496. The fourth-order valence-corrected chi connectivity index (χ4v) is 5.15. The zero-order chi connectivity index (χ0) is 27.0. The van der Waals surface area contributed by atoms with Gasteiger partial charge in [-0.25, -0.2) is 9.97 Å². The van der Waals surface area contributed by atoms with E-state index in [4.69, 9.17) is 14.2 Å². The summed E-state index contributed by atoms with van der Waals surface area (Å²) in [7, 11) is 4.95. The van der Waals surface area contributed by atoms with E-state index in [9.17, 15) is 0 Å². The lowest BCUT2D eigenvalue weighted by Crippen LogP contribution is -2.52. The Kier molecular flexibility index (Phi) is 8.66. The van der Waals surface area contributed by atoms with Crippen molar-refractivity contribution in [1.82, 2.24) is 20.2 Å². The molecule has 2 aliphatic rings. The van der Waals surface area contributed by atoms with Gasteiger partial charge in [0.15, 0.2) is 0 Å². The summed E-state index contributed by atoms with van der Waals surface area (Å²) in [6.45, 7) is 6.57. The second-order valence-electron chi connectivity index (χ2n) is 9.66. The number of rotatable bonds is 7. The molecule has 3 heterocycles. The van der Waals surface area contributed by atoms with Crippen LogP contribution in [0, 0.1) is 11.8 Å². The van der Waals surface area contributed by atoms with E-state index < -0.39 is 0 Å². The van der Waals surface area contributed by atoms with E-state index in [0.717, 1.165) is 62.0 Å². The van der Waals surface area contributed by atoms with Crippen LogP contribution in [0.25, 0.3) is 0 Å². The van der Waals surface area contributed by atoms with E-state index in [1.807, 2.05) is 30.3 Å². The summed E-state index contributed by atoms with van der Waals surface area (Å²) in [6, 6.07) is 12.4. The van der Waals surface area contributed by atoms with Crippen LogP contribution < -0.4 is 29.7 Å². The summed E-state index contributed by atoms with van der Waals surface area (Å²) in [4.78, 5) is 14.0. The number of hydrogen-bond acceptors (Lipinski definition) is 9. The third-order valence-corrected chi connectivity index (χ3v) is 7.26. The summed E-state index contributed by atoms with van der Waals surface area (Å²) in [5.41, 5.74) is 3.49. The minimum Gasteiger partial charge on any atom is -0.497 e. The number of hydrogen-bond donors (Lipinski definition) is 2. The van der Waals surface area contributed by atoms with Crippen LogP contribution in [0.3, 0.4) is 0 Å². The van der Waals surface area contributed by atoms with Crippen LogP contribution >= 0.6 is 0 Å². The third kappa shape index (κ3) is 6.72. The van der Waals surface area contributed by atoms with Crippen LogP contribution in [-0.2, 0) is 0 Å². The molecular formula is C30H36N6O3. The number of methoxy groups -OCH3 is 3. The Labute approximate surface area is 230 Å². The average molecular weight is 529 g/mol. The Morgan fingerprint density at radius 1 is 0.821 bits per heavy atom. The van der Waals surface area contributed by atoms with Crippen molar-refractivity contribution in [2.75, 3.05) is 70.8 Å². The van der Waals surface area contributed by atoms with Gasteiger partial charge in [-0.1, -0.05) is 11.8 Å². The third-order valence-electron chi connectivity index (χ3n) is 7.26. The lowest BCUT2D eigenvalue weighted by atomic mass is 10.0. The van der Waals surface area contributed by atoms with Gasteiger partial charge >= 0.3 is 0 Å². The maximum atomic E-state index is 5.77. The Bertz CT molecular complexity index is 1280. The number of benzene rings is 2. The van der Waals surface area contributed by atoms with Crippen LogP contribution in [-0.4, -0.2) is 81.5 Å². The molecule has 9 heteroatoms. The van der Waals surface area contributed by atoms with E-state index in [-0.39, 0.29) is 0 Å². The molecule has 2 aliphatic heterocycles. The normalized spacial score (nSPS) is 16.2. The first-order chi connectivity index (χ1) is 19.1. The van der Waals surface area contributed by atoms with Gasteiger partial charge < -0.3 is 29.7 Å². The molecular weight excluding hydrogens is 492 g/mol. The molecule has 1 aromatic heterocycles. The van der Waals surface area contributed by atoms with Crippen LogP contribution in [0.5, 0.6) is 17.2 Å². The Morgan fingerprint density at radius 2 is 1.49 bits per heavy atom. The molecule has 2 fully saturated rings. The van der Waals surface area contributed by atoms with Gasteiger partial charge in [0.25, 0.3) is 0 Å². The highest BCUT2D eigenvalue weighted by Gasteiger charge is 2.26. The summed E-state index contributed by atoms with van der Waals surface area (Å²) >= 11 is 0. The first kappa shape index (κ1) is 26.6. The molecule has 5 rings (SSSR count). The highest BCUT2D eigenvalue weighted by atomic mass is 16.5. The molecule has 9 nitrogen and oxygen atoms in total. The van der Waals surface area contributed by atoms with Crippen molar-refractivity contribution < 1.29 is 14.2 Å². The quantitative estimate of drug-likeness (QED) is 0.448. The molecule has 0 aliphatic carbocycles. The van der Waals surface area contributed by atoms with Crippen molar-refractivity contribution in [2.45, 2.75) is 18.9 Å². The maximum absolute atomic E-state index is 5.77. The highest BCUT2D eigenvalue weighted by molar-refractivity contribution is 5.67. The van der Waals surface area contributed by atoms with Crippen LogP contribution in [0.4, 0.5) is 17.3 Å². The molecule has 2 aromatic carbocycles. The van der Waals surface area contributed by atoms with Crippen molar-refractivity contribution in [3.8, 4) is 29.1 Å². The second-order valence-corrected chi connectivity index (χ2v) is 9.66. The lowest BCUT2D eigenvalue weighted by Gasteiger charge is -2.41. The Morgan fingerprint density at radius 3 is 2.13 bits per heavy atom. The van der Waals surface area contributed by atoms with Gasteiger partial charge in [0, 0.05) is 81.1 Å². The van der Waals surface area contributed by atoms with E-state index >= 15 is 0 Å². The Balaban J connectivity index is 1.21. The Hall–Kier alpha value is -4.00. The first-order valence-electron chi connectivity index (χ1n) is 13.4. The van der Waals surface area contributed by atoms with Crippen molar-refractivity contribution in [3.63, 3.8) is 0 Å². The number of nitrogens with zero attached hydrogens (tertiary/aromatic N) is 4. The largest absolute Gasteiger partial charge is 0.497 e. The van der Waals surface area contributed by atoms with E-state index in [2.05, 4.69) is 48.3 Å². The van der Waals surface area contributed by atoms with E-state index in [1.54, 1.807) is 33.7 Å². The number of piperazine rings is 1. The van der Waals surface area contributed by atoms with Gasteiger partial charge in [-0.05, 0) is 37.1 Å². The average Bonchev–Trinajstić information content (AvgIpc) is 3.01. The summed E-state index contributed by atoms with van der Waals surface area (Å²) in [5, 5.41) is 6.73. The molecule has 2 N–H and O–H groups in total. The van der Waals surface area contributed by atoms with Gasteiger partial charge in [0.1, 0.15) is 17.2 Å². The number of nitrogens with one attached hydrogen (secondary N) is 2. The van der Waals surface area contributed by atoms with Gasteiger partial charge in [-0.2, -0.15) is 0 Å². The van der Waals surface area contributed by atoms with Crippen molar-refractivity contribution in [2.24, 2.45) is 0 Å². The fourth-order valence-electron chi connectivity index (χ4n) is 5.15. The zero-order valence-corrected chi connectivity index (χ0v) is 22.9. The van der Waals surface area contributed by atoms with Crippen LogP contribution in [0.2, 0.25) is 0 Å². The zero-order valence-electron chi connectivity index (χ0n) is 22.9. The standard InChI is InChI=1S/C30H36N6O3/c1-37-26-16-22(17-27(19-26)38-2)4-5-23-20-32-30(33-21-23)34-24-6-7-28(29(18-24)39-3)36-12-8-25(9-13-36)35-14-10-31-11-15-35/h6-7,16-21,25,31H,8-15H2,1-3H3,(H,32,33,34). The number of piperidine rings is 1. The first-order valence-corrected chi connectivity index (χ1v) is 13.4. The molecule has 0 bridgehead atoms.